The van der Waals surface area contributed by atoms with Crippen molar-refractivity contribution in [3.8, 4) is 6.07 Å². The molecule has 0 aliphatic rings. The van der Waals surface area contributed by atoms with Crippen LogP contribution in [0, 0.1) is 11.3 Å². The highest BCUT2D eigenvalue weighted by Crippen LogP contribution is 2.06. The zero-order chi connectivity index (χ0) is 11.4. The van der Waals surface area contributed by atoms with E-state index < -0.39 is 22.0 Å². The van der Waals surface area contributed by atoms with Gasteiger partial charge in [0.2, 0.25) is 10.0 Å². The predicted molar refractivity (Wildman–Crippen MR) is 48.9 cm³/mol. The van der Waals surface area contributed by atoms with Crippen LogP contribution >= 0.6 is 0 Å². The van der Waals surface area contributed by atoms with E-state index in [1.165, 1.54) is 6.92 Å². The van der Waals surface area contributed by atoms with E-state index in [0.717, 1.165) is 10.6 Å². The Balaban J connectivity index is 4.75. The van der Waals surface area contributed by atoms with Gasteiger partial charge in [-0.25, -0.2) is 8.42 Å². The third kappa shape index (κ3) is 3.72. The maximum absolute atomic E-state index is 11.1. The summed E-state index contributed by atoms with van der Waals surface area (Å²) in [6.45, 7) is 1.17. The maximum Gasteiger partial charge on any atom is 0.321 e. The first-order valence-corrected chi connectivity index (χ1v) is 5.72. The molecule has 0 bridgehead atoms. The summed E-state index contributed by atoms with van der Waals surface area (Å²) in [6.07, 6.45) is 0.897. The second kappa shape index (κ2) is 4.93. The van der Waals surface area contributed by atoms with Crippen molar-refractivity contribution in [3.05, 3.63) is 0 Å². The third-order valence-corrected chi connectivity index (χ3v) is 3.01. The molecule has 0 amide bonds. The van der Waals surface area contributed by atoms with E-state index >= 15 is 0 Å². The average Bonchev–Trinajstić information content (AvgIpc) is 2.02. The van der Waals surface area contributed by atoms with E-state index in [4.69, 9.17) is 10.4 Å². The highest BCUT2D eigenvalue weighted by molar-refractivity contribution is 7.88. The fraction of sp³-hybridized carbons (Fsp3) is 0.714. The predicted octanol–water partition coefficient (Wildman–Crippen LogP) is -0.365. The first-order valence-electron chi connectivity index (χ1n) is 3.87. The minimum absolute atomic E-state index is 0.0231. The standard InChI is InChI=1S/C7H12N2O4S/c1-6(7(10)11)9(5-3-4-8)14(2,12)13/h6H,3,5H2,1-2H3,(H,10,11). The summed E-state index contributed by atoms with van der Waals surface area (Å²) >= 11 is 0. The topological polar surface area (TPSA) is 98.5 Å². The van der Waals surface area contributed by atoms with Crippen molar-refractivity contribution in [2.45, 2.75) is 19.4 Å². The maximum atomic E-state index is 11.1. The number of hydrogen-bond acceptors (Lipinski definition) is 4. The minimum atomic E-state index is -3.58. The van der Waals surface area contributed by atoms with E-state index in [1.807, 2.05) is 0 Å². The van der Waals surface area contributed by atoms with Crippen LogP contribution < -0.4 is 0 Å². The Morgan fingerprint density at radius 1 is 1.64 bits per heavy atom. The average molecular weight is 220 g/mol. The summed E-state index contributed by atoms with van der Waals surface area (Å²) in [7, 11) is -3.58. The molecule has 0 spiro atoms. The molecule has 0 fully saturated rings. The fourth-order valence-electron chi connectivity index (χ4n) is 0.930. The van der Waals surface area contributed by atoms with Crippen LogP contribution in [0.3, 0.4) is 0 Å². The zero-order valence-corrected chi connectivity index (χ0v) is 8.78. The summed E-state index contributed by atoms with van der Waals surface area (Å²) in [5.74, 6) is -1.23. The number of carboxylic acid groups (broad SMARTS) is 1. The molecule has 0 aromatic rings. The van der Waals surface area contributed by atoms with Gasteiger partial charge >= 0.3 is 5.97 Å². The second-order valence-corrected chi connectivity index (χ2v) is 4.73. The van der Waals surface area contributed by atoms with Gasteiger partial charge in [0.25, 0.3) is 0 Å². The zero-order valence-electron chi connectivity index (χ0n) is 7.97. The fourth-order valence-corrected chi connectivity index (χ4v) is 2.02. The molecule has 0 aliphatic carbocycles. The minimum Gasteiger partial charge on any atom is -0.480 e. The van der Waals surface area contributed by atoms with Crippen molar-refractivity contribution in [1.29, 1.82) is 5.26 Å². The van der Waals surface area contributed by atoms with Gasteiger partial charge in [-0.3, -0.25) is 4.79 Å². The molecular weight excluding hydrogens is 208 g/mol. The Morgan fingerprint density at radius 3 is 2.43 bits per heavy atom. The molecule has 1 unspecified atom stereocenters. The Hall–Kier alpha value is -1.13. The van der Waals surface area contributed by atoms with Crippen molar-refractivity contribution in [2.75, 3.05) is 12.8 Å². The number of sulfonamides is 1. The first-order chi connectivity index (χ1) is 6.30. The quantitative estimate of drug-likeness (QED) is 0.681. The van der Waals surface area contributed by atoms with Gasteiger partial charge in [-0.2, -0.15) is 9.57 Å². The molecule has 7 heteroatoms. The Kier molecular flexibility index (Phi) is 4.53. The van der Waals surface area contributed by atoms with Gasteiger partial charge in [-0.05, 0) is 6.92 Å². The van der Waals surface area contributed by atoms with E-state index in [1.54, 1.807) is 6.07 Å². The van der Waals surface area contributed by atoms with Gasteiger partial charge in [-0.15, -0.1) is 0 Å². The summed E-state index contributed by atoms with van der Waals surface area (Å²) in [4.78, 5) is 10.6. The van der Waals surface area contributed by atoms with Gasteiger partial charge in [0, 0.05) is 13.0 Å². The third-order valence-electron chi connectivity index (χ3n) is 1.66. The Morgan fingerprint density at radius 2 is 2.14 bits per heavy atom. The second-order valence-electron chi connectivity index (χ2n) is 2.80. The molecular formula is C7H12N2O4S. The molecule has 14 heavy (non-hydrogen) atoms. The number of carbonyl (C=O) groups is 1. The number of aliphatic carboxylic acids is 1. The van der Waals surface area contributed by atoms with Crippen LogP contribution in [-0.2, 0) is 14.8 Å². The molecule has 0 aromatic carbocycles. The van der Waals surface area contributed by atoms with Gasteiger partial charge < -0.3 is 5.11 Å². The number of nitriles is 1. The van der Waals surface area contributed by atoms with Crippen LogP contribution in [0.4, 0.5) is 0 Å². The Bertz CT molecular complexity index is 343. The van der Waals surface area contributed by atoms with Crippen molar-refractivity contribution in [3.63, 3.8) is 0 Å². The molecule has 0 aliphatic heterocycles. The molecule has 80 valence electrons. The molecule has 0 heterocycles. The molecule has 1 N–H and O–H groups in total. The summed E-state index contributed by atoms with van der Waals surface area (Å²) in [5.41, 5.74) is 0. The first kappa shape index (κ1) is 12.9. The van der Waals surface area contributed by atoms with Gasteiger partial charge in [-0.1, -0.05) is 0 Å². The van der Waals surface area contributed by atoms with Crippen LogP contribution in [0.1, 0.15) is 13.3 Å². The molecule has 0 saturated carbocycles. The molecule has 1 atom stereocenters. The van der Waals surface area contributed by atoms with E-state index in [0.29, 0.717) is 0 Å². The van der Waals surface area contributed by atoms with Gasteiger partial charge in [0.15, 0.2) is 0 Å². The van der Waals surface area contributed by atoms with Crippen LogP contribution in [0.15, 0.2) is 0 Å². The van der Waals surface area contributed by atoms with E-state index in [-0.39, 0.29) is 13.0 Å². The van der Waals surface area contributed by atoms with Gasteiger partial charge in [0.1, 0.15) is 6.04 Å². The van der Waals surface area contributed by atoms with Crippen LogP contribution in [-0.4, -0.2) is 42.6 Å². The van der Waals surface area contributed by atoms with Crippen molar-refractivity contribution >= 4 is 16.0 Å². The lowest BCUT2D eigenvalue weighted by molar-refractivity contribution is -0.140. The van der Waals surface area contributed by atoms with E-state index in [2.05, 4.69) is 0 Å². The van der Waals surface area contributed by atoms with Crippen LogP contribution in [0.25, 0.3) is 0 Å². The number of carboxylic acids is 1. The molecule has 0 rings (SSSR count). The molecule has 6 nitrogen and oxygen atoms in total. The summed E-state index contributed by atoms with van der Waals surface area (Å²) in [5, 5.41) is 16.9. The summed E-state index contributed by atoms with van der Waals surface area (Å²) < 4.78 is 23.1. The van der Waals surface area contributed by atoms with Crippen molar-refractivity contribution in [2.24, 2.45) is 0 Å². The monoisotopic (exact) mass is 220 g/mol. The molecule has 0 radical (unpaired) electrons. The lowest BCUT2D eigenvalue weighted by Crippen LogP contribution is -2.43. The SMILES string of the molecule is CC(C(=O)O)N(CCC#N)S(C)(=O)=O. The highest BCUT2D eigenvalue weighted by Gasteiger charge is 2.27. The molecule has 0 saturated heterocycles. The lowest BCUT2D eigenvalue weighted by Gasteiger charge is -2.22. The number of rotatable bonds is 5. The number of hydrogen-bond donors (Lipinski definition) is 1. The molecule has 0 aromatic heterocycles. The summed E-state index contributed by atoms with van der Waals surface area (Å²) in [6, 6.07) is 0.625. The highest BCUT2D eigenvalue weighted by atomic mass is 32.2. The lowest BCUT2D eigenvalue weighted by atomic mass is 10.3. The van der Waals surface area contributed by atoms with Gasteiger partial charge in [0.05, 0.1) is 12.3 Å². The number of nitrogens with zero attached hydrogens (tertiary/aromatic N) is 2. The van der Waals surface area contributed by atoms with Crippen molar-refractivity contribution < 1.29 is 18.3 Å². The smallest absolute Gasteiger partial charge is 0.321 e. The van der Waals surface area contributed by atoms with Crippen LogP contribution in [0.5, 0.6) is 0 Å². The normalized spacial score (nSPS) is 13.6. The largest absolute Gasteiger partial charge is 0.480 e. The van der Waals surface area contributed by atoms with Crippen molar-refractivity contribution in [1.82, 2.24) is 4.31 Å². The Labute approximate surface area is 82.8 Å². The van der Waals surface area contributed by atoms with E-state index in [9.17, 15) is 13.2 Å². The van der Waals surface area contributed by atoms with Crippen LogP contribution in [0.2, 0.25) is 0 Å².